The summed E-state index contributed by atoms with van der Waals surface area (Å²) in [5, 5.41) is 0. The Hall–Kier alpha value is -1.33. The van der Waals surface area contributed by atoms with Gasteiger partial charge in [0, 0.05) is 0 Å². The quantitative estimate of drug-likeness (QED) is 0.483. The third-order valence-electron chi connectivity index (χ3n) is 5.74. The van der Waals surface area contributed by atoms with E-state index in [1.165, 1.54) is 11.3 Å². The Morgan fingerprint density at radius 2 is 1.65 bits per heavy atom. The number of benzene rings is 2. The Bertz CT molecular complexity index is 724. The molecule has 1 atom stereocenters. The number of carbonyl (C=O) groups is 1. The van der Waals surface area contributed by atoms with Gasteiger partial charge in [-0.2, -0.15) is 0 Å². The first kappa shape index (κ1) is 19.4. The molecule has 0 aliphatic carbocycles. The normalized spacial score (nSPS) is 17.2. The first-order chi connectivity index (χ1) is 12.6. The summed E-state index contributed by atoms with van der Waals surface area (Å²) in [5.74, 6) is 0.311. The molecule has 0 radical (unpaired) electrons. The molecule has 1 heterocycles. The van der Waals surface area contributed by atoms with Gasteiger partial charge in [-0.25, -0.2) is 0 Å². The van der Waals surface area contributed by atoms with Crippen molar-refractivity contribution in [2.75, 3.05) is 31.2 Å². The van der Waals surface area contributed by atoms with Crippen molar-refractivity contribution in [1.82, 2.24) is 0 Å². The maximum absolute atomic E-state index is 13.6. The first-order valence-electron chi connectivity index (χ1n) is 9.62. The average Bonchev–Trinajstić information content (AvgIpc) is 2.70. The summed E-state index contributed by atoms with van der Waals surface area (Å²) in [4.78, 5) is 20.7. The molecule has 0 aromatic heterocycles. The second kappa shape index (κ2) is 8.57. The molecule has 0 amide bonds. The van der Waals surface area contributed by atoms with Gasteiger partial charge in [0.15, 0.2) is 0 Å². The van der Waals surface area contributed by atoms with Crippen molar-refractivity contribution in [2.45, 2.75) is 26.7 Å². The average molecular weight is 458 g/mol. The number of nitrogens with zero attached hydrogens (tertiary/aromatic N) is 1. The molecule has 1 fully saturated rings. The van der Waals surface area contributed by atoms with Gasteiger partial charge in [0.1, 0.15) is 0 Å². The molecule has 3 nitrogen and oxygen atoms in total. The summed E-state index contributed by atoms with van der Waals surface area (Å²) >= 11 is -2.07. The molecule has 0 bridgehead atoms. The Morgan fingerprint density at radius 3 is 2.19 bits per heavy atom. The third-order valence-corrected chi connectivity index (χ3v) is 14.2. The zero-order valence-electron chi connectivity index (χ0n) is 16.1. The van der Waals surface area contributed by atoms with E-state index in [2.05, 4.69) is 58.1 Å². The molecular formula is C22H29NO2Sn. The molecule has 1 saturated heterocycles. The minimum atomic E-state index is -2.07. The zero-order chi connectivity index (χ0) is 18.6. The van der Waals surface area contributed by atoms with Crippen molar-refractivity contribution in [3.63, 3.8) is 0 Å². The van der Waals surface area contributed by atoms with Crippen LogP contribution in [0.1, 0.15) is 29.3 Å². The predicted molar refractivity (Wildman–Crippen MR) is 111 cm³/mol. The van der Waals surface area contributed by atoms with Gasteiger partial charge < -0.3 is 0 Å². The van der Waals surface area contributed by atoms with E-state index in [1.807, 2.05) is 18.2 Å². The van der Waals surface area contributed by atoms with Crippen LogP contribution in [0.15, 0.2) is 54.6 Å². The number of anilines is 1. The van der Waals surface area contributed by atoms with E-state index < -0.39 is 19.8 Å². The van der Waals surface area contributed by atoms with Crippen LogP contribution in [-0.2, 0) is 8.17 Å². The van der Waals surface area contributed by atoms with Gasteiger partial charge in [-0.15, -0.1) is 0 Å². The summed E-state index contributed by atoms with van der Waals surface area (Å²) in [7, 11) is 0. The van der Waals surface area contributed by atoms with Crippen LogP contribution in [0.4, 0.5) is 5.69 Å². The van der Waals surface area contributed by atoms with Gasteiger partial charge >= 0.3 is 164 Å². The van der Waals surface area contributed by atoms with Crippen LogP contribution in [0.5, 0.6) is 0 Å². The van der Waals surface area contributed by atoms with E-state index in [1.54, 1.807) is 0 Å². The summed E-state index contributed by atoms with van der Waals surface area (Å²) in [6.07, 6.45) is 0.884. The van der Waals surface area contributed by atoms with Crippen LogP contribution in [-0.4, -0.2) is 51.8 Å². The second-order valence-electron chi connectivity index (χ2n) is 7.32. The molecular weight excluding hydrogens is 429 g/mol. The molecule has 4 heteroatoms. The number of hydrogen-bond donors (Lipinski definition) is 0. The molecule has 138 valence electrons. The molecule has 1 unspecified atom stereocenters. The fourth-order valence-electron chi connectivity index (χ4n) is 4.14. The van der Waals surface area contributed by atoms with Crippen molar-refractivity contribution in [3.8, 4) is 0 Å². The standard InChI is InChI=1S/C20H22NO2.2CH3.Sn.H/c1-2-19(16-6-4-3-5-7-16)20(22)17-8-10-18(11-9-17)21-12-14-23-15-13-21;;;;/h3-11H,2,12-15H2,1H3;2*1H3;;. The minimum absolute atomic E-state index is 0.274. The number of ketones is 1. The number of carbonyl (C=O) groups excluding carboxylic acids is 1. The fraction of sp³-hybridized carbons (Fsp3) is 0.409. The van der Waals surface area contributed by atoms with Crippen LogP contribution >= 0.6 is 0 Å². The van der Waals surface area contributed by atoms with Crippen molar-refractivity contribution in [3.05, 3.63) is 65.7 Å². The van der Waals surface area contributed by atoms with Crippen LogP contribution in [0.25, 0.3) is 0 Å². The van der Waals surface area contributed by atoms with Crippen molar-refractivity contribution < 1.29 is 9.53 Å². The van der Waals surface area contributed by atoms with E-state index >= 15 is 0 Å². The number of Topliss-reactive ketones (excluding diaryl/α,β-unsaturated/α-hetero) is 1. The van der Waals surface area contributed by atoms with E-state index in [9.17, 15) is 4.79 Å². The number of rotatable bonds is 6. The van der Waals surface area contributed by atoms with Crippen LogP contribution in [0.2, 0.25) is 9.88 Å². The molecule has 3 rings (SSSR count). The van der Waals surface area contributed by atoms with E-state index in [-0.39, 0.29) is 3.43 Å². The topological polar surface area (TPSA) is 29.5 Å². The number of ether oxygens (including phenoxy) is 1. The summed E-state index contributed by atoms with van der Waals surface area (Å²) < 4.78 is 5.15. The van der Waals surface area contributed by atoms with Gasteiger partial charge in [0.05, 0.1) is 0 Å². The summed E-state index contributed by atoms with van der Waals surface area (Å²) in [5.41, 5.74) is 3.23. The van der Waals surface area contributed by atoms with Gasteiger partial charge in [0.2, 0.25) is 0 Å². The summed E-state index contributed by atoms with van der Waals surface area (Å²) in [6.45, 7) is 5.55. The number of hydrogen-bond acceptors (Lipinski definition) is 3. The SMILES string of the molecule is CC[C](C(=O)c1ccc(N2CCOCC2)cc1)(c1ccccc1)[SnH]([CH3])[CH3]. The Morgan fingerprint density at radius 1 is 1.04 bits per heavy atom. The Labute approximate surface area is 164 Å². The first-order valence-corrected chi connectivity index (χ1v) is 17.9. The van der Waals surface area contributed by atoms with Crippen molar-refractivity contribution >= 4 is 31.2 Å². The van der Waals surface area contributed by atoms with Gasteiger partial charge in [-0.05, 0) is 0 Å². The second-order valence-corrected chi connectivity index (χ2v) is 16.7. The van der Waals surface area contributed by atoms with Crippen molar-refractivity contribution in [2.24, 2.45) is 0 Å². The zero-order valence-corrected chi connectivity index (χ0v) is 19.4. The van der Waals surface area contributed by atoms with Crippen LogP contribution in [0, 0.1) is 0 Å². The van der Waals surface area contributed by atoms with Gasteiger partial charge in [-0.1, -0.05) is 0 Å². The van der Waals surface area contributed by atoms with Crippen molar-refractivity contribution in [1.29, 1.82) is 0 Å². The van der Waals surface area contributed by atoms with E-state index in [0.29, 0.717) is 5.78 Å². The van der Waals surface area contributed by atoms with E-state index in [0.717, 1.165) is 38.3 Å². The van der Waals surface area contributed by atoms with Crippen LogP contribution < -0.4 is 4.90 Å². The van der Waals surface area contributed by atoms with Crippen LogP contribution in [0.3, 0.4) is 0 Å². The molecule has 0 N–H and O–H groups in total. The molecule has 2 aromatic carbocycles. The van der Waals surface area contributed by atoms with Gasteiger partial charge in [0.25, 0.3) is 0 Å². The monoisotopic (exact) mass is 459 g/mol. The predicted octanol–water partition coefficient (Wildman–Crippen LogP) is 4.08. The molecule has 26 heavy (non-hydrogen) atoms. The number of morpholine rings is 1. The maximum atomic E-state index is 13.6. The Balaban J connectivity index is 1.92. The third kappa shape index (κ3) is 3.70. The molecule has 0 spiro atoms. The molecule has 0 saturated carbocycles. The van der Waals surface area contributed by atoms with E-state index in [4.69, 9.17) is 4.74 Å². The van der Waals surface area contributed by atoms with Gasteiger partial charge in [-0.3, -0.25) is 0 Å². The molecule has 2 aromatic rings. The molecule has 1 aliphatic rings. The fourth-order valence-corrected chi connectivity index (χ4v) is 10.9. The Kier molecular flexibility index (Phi) is 6.41. The summed E-state index contributed by atoms with van der Waals surface area (Å²) in [6, 6.07) is 18.7. The molecule has 1 aliphatic heterocycles.